The number of nitrogens with one attached hydrogen (secondary N) is 1. The molecule has 0 radical (unpaired) electrons. The SMILES string of the molecule is CC(C)(C)OC(=O)NC(C(=O)O)C1(O)CCCCC1. The number of hydrogen-bond donors (Lipinski definition) is 3. The first-order valence-corrected chi connectivity index (χ1v) is 6.59. The number of amides is 1. The lowest BCUT2D eigenvalue weighted by Crippen LogP contribution is -2.58. The van der Waals surface area contributed by atoms with Gasteiger partial charge in [-0.1, -0.05) is 19.3 Å². The zero-order valence-corrected chi connectivity index (χ0v) is 11.7. The van der Waals surface area contributed by atoms with Gasteiger partial charge in [0.25, 0.3) is 0 Å². The monoisotopic (exact) mass is 273 g/mol. The van der Waals surface area contributed by atoms with Crippen molar-refractivity contribution in [3.8, 4) is 0 Å². The number of carbonyl (C=O) groups is 2. The summed E-state index contributed by atoms with van der Waals surface area (Å²) < 4.78 is 5.03. The molecule has 1 atom stereocenters. The van der Waals surface area contributed by atoms with Gasteiger partial charge in [0.15, 0.2) is 6.04 Å². The molecule has 0 aromatic heterocycles. The lowest BCUT2D eigenvalue weighted by atomic mass is 9.79. The van der Waals surface area contributed by atoms with Gasteiger partial charge in [-0.3, -0.25) is 0 Å². The highest BCUT2D eigenvalue weighted by Gasteiger charge is 2.43. The third kappa shape index (κ3) is 4.70. The third-order valence-corrected chi connectivity index (χ3v) is 3.16. The van der Waals surface area contributed by atoms with Crippen LogP contribution in [0.2, 0.25) is 0 Å². The molecule has 0 aliphatic heterocycles. The summed E-state index contributed by atoms with van der Waals surface area (Å²) in [4.78, 5) is 22.9. The van der Waals surface area contributed by atoms with E-state index in [1.165, 1.54) is 0 Å². The van der Waals surface area contributed by atoms with Crippen LogP contribution in [0.15, 0.2) is 0 Å². The largest absolute Gasteiger partial charge is 0.480 e. The van der Waals surface area contributed by atoms with Crippen LogP contribution in [0.3, 0.4) is 0 Å². The summed E-state index contributed by atoms with van der Waals surface area (Å²) in [6.45, 7) is 5.08. The van der Waals surface area contributed by atoms with Gasteiger partial charge in [-0.25, -0.2) is 9.59 Å². The van der Waals surface area contributed by atoms with Crippen molar-refractivity contribution in [2.24, 2.45) is 0 Å². The van der Waals surface area contributed by atoms with Crippen molar-refractivity contribution in [2.75, 3.05) is 0 Å². The van der Waals surface area contributed by atoms with Gasteiger partial charge in [-0.2, -0.15) is 0 Å². The molecular formula is C13H23NO5. The Morgan fingerprint density at radius 2 is 1.74 bits per heavy atom. The Hall–Kier alpha value is -1.30. The van der Waals surface area contributed by atoms with Gasteiger partial charge in [-0.05, 0) is 33.6 Å². The van der Waals surface area contributed by atoms with Gasteiger partial charge in [0, 0.05) is 0 Å². The van der Waals surface area contributed by atoms with E-state index in [0.29, 0.717) is 12.8 Å². The highest BCUT2D eigenvalue weighted by molar-refractivity contribution is 5.81. The Kier molecular flexibility index (Phi) is 4.79. The number of carboxylic acids is 1. The van der Waals surface area contributed by atoms with Crippen molar-refractivity contribution in [3.63, 3.8) is 0 Å². The Bertz CT molecular complexity index is 341. The Morgan fingerprint density at radius 3 is 2.16 bits per heavy atom. The van der Waals surface area contributed by atoms with Gasteiger partial charge in [0.2, 0.25) is 0 Å². The zero-order valence-electron chi connectivity index (χ0n) is 11.7. The molecule has 19 heavy (non-hydrogen) atoms. The number of aliphatic carboxylic acids is 1. The van der Waals surface area contributed by atoms with E-state index in [4.69, 9.17) is 4.74 Å². The Morgan fingerprint density at radius 1 is 1.21 bits per heavy atom. The number of carboxylic acid groups (broad SMARTS) is 1. The molecule has 6 nitrogen and oxygen atoms in total. The first kappa shape index (κ1) is 15.8. The van der Waals surface area contributed by atoms with Gasteiger partial charge in [-0.15, -0.1) is 0 Å². The fraction of sp³-hybridized carbons (Fsp3) is 0.846. The summed E-state index contributed by atoms with van der Waals surface area (Å²) in [6.07, 6.45) is 2.42. The second-order valence-corrected chi connectivity index (χ2v) is 6.08. The molecule has 1 aliphatic carbocycles. The van der Waals surface area contributed by atoms with Crippen LogP contribution in [0, 0.1) is 0 Å². The van der Waals surface area contributed by atoms with E-state index in [2.05, 4.69) is 5.32 Å². The van der Waals surface area contributed by atoms with Crippen molar-refractivity contribution in [1.29, 1.82) is 0 Å². The van der Waals surface area contributed by atoms with E-state index < -0.39 is 29.3 Å². The van der Waals surface area contributed by atoms with Crippen LogP contribution < -0.4 is 5.32 Å². The van der Waals surface area contributed by atoms with Crippen molar-refractivity contribution >= 4 is 12.1 Å². The van der Waals surface area contributed by atoms with Gasteiger partial charge in [0.1, 0.15) is 5.60 Å². The fourth-order valence-corrected chi connectivity index (χ4v) is 2.30. The number of carbonyl (C=O) groups excluding carboxylic acids is 1. The quantitative estimate of drug-likeness (QED) is 0.726. The van der Waals surface area contributed by atoms with Crippen LogP contribution in [-0.4, -0.2) is 39.5 Å². The molecule has 0 aromatic rings. The topological polar surface area (TPSA) is 95.9 Å². The zero-order chi connectivity index (χ0) is 14.7. The Labute approximate surface area is 113 Å². The predicted octanol–water partition coefficient (Wildman–Crippen LogP) is 1.66. The molecule has 1 rings (SSSR count). The standard InChI is InChI=1S/C13H23NO5/c1-12(2,3)19-11(17)14-9(10(15)16)13(18)7-5-4-6-8-13/h9,18H,4-8H2,1-3H3,(H,14,17)(H,15,16). The van der Waals surface area contributed by atoms with E-state index in [1.807, 2.05) is 0 Å². The molecule has 1 amide bonds. The van der Waals surface area contributed by atoms with E-state index in [9.17, 15) is 19.8 Å². The second-order valence-electron chi connectivity index (χ2n) is 6.08. The van der Waals surface area contributed by atoms with Crippen LogP contribution in [0.25, 0.3) is 0 Å². The molecule has 0 saturated heterocycles. The minimum Gasteiger partial charge on any atom is -0.480 e. The minimum absolute atomic E-state index is 0.375. The van der Waals surface area contributed by atoms with E-state index in [-0.39, 0.29) is 0 Å². The maximum Gasteiger partial charge on any atom is 0.408 e. The van der Waals surface area contributed by atoms with Crippen molar-refractivity contribution in [2.45, 2.75) is 70.1 Å². The molecule has 6 heteroatoms. The number of rotatable bonds is 3. The van der Waals surface area contributed by atoms with Crippen LogP contribution in [-0.2, 0) is 9.53 Å². The molecule has 110 valence electrons. The smallest absolute Gasteiger partial charge is 0.408 e. The van der Waals surface area contributed by atoms with Gasteiger partial charge < -0.3 is 20.3 Å². The number of hydrogen-bond acceptors (Lipinski definition) is 4. The summed E-state index contributed by atoms with van der Waals surface area (Å²) in [5.41, 5.74) is -2.09. The Balaban J connectivity index is 2.73. The summed E-state index contributed by atoms with van der Waals surface area (Å²) in [6, 6.07) is -1.33. The highest BCUT2D eigenvalue weighted by atomic mass is 16.6. The molecule has 1 aliphatic rings. The van der Waals surface area contributed by atoms with Crippen LogP contribution in [0.4, 0.5) is 4.79 Å². The lowest BCUT2D eigenvalue weighted by Gasteiger charge is -2.37. The summed E-state index contributed by atoms with van der Waals surface area (Å²) in [5, 5.41) is 21.9. The second kappa shape index (κ2) is 5.77. The molecular weight excluding hydrogens is 250 g/mol. The van der Waals surface area contributed by atoms with Gasteiger partial charge >= 0.3 is 12.1 Å². The summed E-state index contributed by atoms with van der Waals surface area (Å²) in [7, 11) is 0. The number of aliphatic hydroxyl groups is 1. The molecule has 0 heterocycles. The van der Waals surface area contributed by atoms with Crippen LogP contribution in [0.1, 0.15) is 52.9 Å². The maximum absolute atomic E-state index is 11.7. The maximum atomic E-state index is 11.7. The van der Waals surface area contributed by atoms with E-state index >= 15 is 0 Å². The first-order chi connectivity index (χ1) is 8.64. The summed E-state index contributed by atoms with van der Waals surface area (Å²) in [5.74, 6) is -1.24. The first-order valence-electron chi connectivity index (χ1n) is 6.59. The highest BCUT2D eigenvalue weighted by Crippen LogP contribution is 2.31. The molecule has 0 aromatic carbocycles. The molecule has 1 fully saturated rings. The average Bonchev–Trinajstić information content (AvgIpc) is 2.24. The van der Waals surface area contributed by atoms with Crippen LogP contribution >= 0.6 is 0 Å². The lowest BCUT2D eigenvalue weighted by molar-refractivity contribution is -0.149. The van der Waals surface area contributed by atoms with Crippen LogP contribution in [0.5, 0.6) is 0 Å². The van der Waals surface area contributed by atoms with Crippen molar-refractivity contribution < 1.29 is 24.5 Å². The third-order valence-electron chi connectivity index (χ3n) is 3.16. The minimum atomic E-state index is -1.39. The number of ether oxygens (including phenoxy) is 1. The summed E-state index contributed by atoms with van der Waals surface area (Å²) >= 11 is 0. The van der Waals surface area contributed by atoms with E-state index in [0.717, 1.165) is 19.3 Å². The predicted molar refractivity (Wildman–Crippen MR) is 68.8 cm³/mol. The van der Waals surface area contributed by atoms with Gasteiger partial charge in [0.05, 0.1) is 5.60 Å². The van der Waals surface area contributed by atoms with E-state index in [1.54, 1.807) is 20.8 Å². The van der Waals surface area contributed by atoms with Crippen molar-refractivity contribution in [1.82, 2.24) is 5.32 Å². The van der Waals surface area contributed by atoms with Crippen molar-refractivity contribution in [3.05, 3.63) is 0 Å². The fourth-order valence-electron chi connectivity index (χ4n) is 2.30. The number of alkyl carbamates (subject to hydrolysis) is 1. The molecule has 1 unspecified atom stereocenters. The molecule has 3 N–H and O–H groups in total. The molecule has 0 bridgehead atoms. The normalized spacial score (nSPS) is 20.4. The average molecular weight is 273 g/mol. The molecule has 0 spiro atoms. The molecule has 1 saturated carbocycles.